The molecule has 1 rings (SSSR count). The Morgan fingerprint density at radius 1 is 0.950 bits per heavy atom. The molecule has 1 N–H and O–H groups in total. The van der Waals surface area contributed by atoms with Gasteiger partial charge in [0.05, 0.1) is 0 Å². The fraction of sp³-hybridized carbons (Fsp3) is 0.667. The van der Waals surface area contributed by atoms with E-state index in [1.54, 1.807) is 0 Å². The molecule has 0 amide bonds. The van der Waals surface area contributed by atoms with E-state index in [4.69, 9.17) is 0 Å². The molecule has 0 atom stereocenters. The first-order valence-corrected chi connectivity index (χ1v) is 7.45. The summed E-state index contributed by atoms with van der Waals surface area (Å²) in [6.07, 6.45) is 0.970. The minimum Gasteiger partial charge on any atom is -0.507 e. The summed E-state index contributed by atoms with van der Waals surface area (Å²) in [6.45, 7) is 14.0. The molecule has 0 unspecified atom stereocenters. The molecular weight excluding hydrogens is 246 g/mol. The van der Waals surface area contributed by atoms with Gasteiger partial charge in [0, 0.05) is 12.1 Å². The molecule has 0 aliphatic carbocycles. The molecule has 2 heteroatoms. The van der Waals surface area contributed by atoms with Crippen LogP contribution in [0.1, 0.15) is 58.2 Å². The summed E-state index contributed by atoms with van der Waals surface area (Å²) in [4.78, 5) is 2.18. The lowest BCUT2D eigenvalue weighted by Crippen LogP contribution is -2.21. The molecule has 2 nitrogen and oxygen atoms in total. The van der Waals surface area contributed by atoms with Crippen LogP contribution in [0.25, 0.3) is 0 Å². The standard InChI is InChI=1S/C18H31NO/c1-17(2,3)14-10-9-13(11-12-19(7)8)15(16(14)20)18(4,5)6/h9-10,20H,11-12H2,1-8H3. The molecule has 0 spiro atoms. The van der Waals surface area contributed by atoms with E-state index in [9.17, 15) is 5.11 Å². The Labute approximate surface area is 124 Å². The van der Waals surface area contributed by atoms with E-state index in [1.165, 1.54) is 5.56 Å². The number of benzene rings is 1. The third-order valence-corrected chi connectivity index (χ3v) is 3.65. The molecule has 114 valence electrons. The lowest BCUT2D eigenvalue weighted by molar-refractivity contribution is 0.403. The van der Waals surface area contributed by atoms with E-state index in [0.717, 1.165) is 24.1 Å². The van der Waals surface area contributed by atoms with Gasteiger partial charge in [-0.1, -0.05) is 53.7 Å². The summed E-state index contributed by atoms with van der Waals surface area (Å²) in [6, 6.07) is 4.29. The highest BCUT2D eigenvalue weighted by Gasteiger charge is 2.27. The molecule has 0 bridgehead atoms. The Bertz CT molecular complexity index is 462. The van der Waals surface area contributed by atoms with Gasteiger partial charge in [0.25, 0.3) is 0 Å². The van der Waals surface area contributed by atoms with Crippen LogP contribution in [0.4, 0.5) is 0 Å². The van der Waals surface area contributed by atoms with Crippen LogP contribution in [0, 0.1) is 0 Å². The molecule has 0 heterocycles. The van der Waals surface area contributed by atoms with E-state index >= 15 is 0 Å². The predicted octanol–water partition coefficient (Wildman–Crippen LogP) is 4.09. The third kappa shape index (κ3) is 3.99. The molecule has 0 saturated heterocycles. The van der Waals surface area contributed by atoms with Crippen LogP contribution in [0.15, 0.2) is 12.1 Å². The van der Waals surface area contributed by atoms with E-state index in [-0.39, 0.29) is 10.8 Å². The van der Waals surface area contributed by atoms with Crippen molar-refractivity contribution in [2.75, 3.05) is 20.6 Å². The highest BCUT2D eigenvalue weighted by molar-refractivity contribution is 5.51. The quantitative estimate of drug-likeness (QED) is 0.899. The minimum atomic E-state index is -0.0486. The zero-order valence-corrected chi connectivity index (χ0v) is 14.5. The molecule has 0 aliphatic rings. The summed E-state index contributed by atoms with van der Waals surface area (Å²) in [7, 11) is 4.17. The van der Waals surface area contributed by atoms with Crippen molar-refractivity contribution in [3.63, 3.8) is 0 Å². The van der Waals surface area contributed by atoms with Gasteiger partial charge in [0.2, 0.25) is 0 Å². The number of rotatable bonds is 3. The van der Waals surface area contributed by atoms with Gasteiger partial charge in [-0.15, -0.1) is 0 Å². The molecule has 0 fully saturated rings. The zero-order chi connectivity index (χ0) is 15.7. The van der Waals surface area contributed by atoms with Gasteiger partial charge in [-0.05, 0) is 42.5 Å². The molecule has 1 aromatic rings. The fourth-order valence-corrected chi connectivity index (χ4v) is 2.63. The number of aromatic hydroxyl groups is 1. The van der Waals surface area contributed by atoms with Crippen molar-refractivity contribution in [1.29, 1.82) is 0 Å². The maximum Gasteiger partial charge on any atom is 0.123 e. The Hall–Kier alpha value is -1.02. The molecule has 0 aliphatic heterocycles. The van der Waals surface area contributed by atoms with E-state index in [0.29, 0.717) is 5.75 Å². The van der Waals surface area contributed by atoms with Crippen LogP contribution in [-0.2, 0) is 17.3 Å². The molecule has 0 aromatic heterocycles. The summed E-state index contributed by atoms with van der Waals surface area (Å²) in [5, 5.41) is 10.8. The highest BCUT2D eigenvalue weighted by Crippen LogP contribution is 2.40. The summed E-state index contributed by atoms with van der Waals surface area (Å²) >= 11 is 0. The van der Waals surface area contributed by atoms with E-state index < -0.39 is 0 Å². The summed E-state index contributed by atoms with van der Waals surface area (Å²) in [5.74, 6) is 0.487. The van der Waals surface area contributed by atoms with Crippen LogP contribution in [0.3, 0.4) is 0 Å². The van der Waals surface area contributed by atoms with Crippen LogP contribution >= 0.6 is 0 Å². The highest BCUT2D eigenvalue weighted by atomic mass is 16.3. The Balaban J connectivity index is 3.37. The molecule has 0 radical (unpaired) electrons. The number of hydrogen-bond acceptors (Lipinski definition) is 2. The normalized spacial score (nSPS) is 13.1. The van der Waals surface area contributed by atoms with Gasteiger partial charge in [0.1, 0.15) is 5.75 Å². The first-order valence-electron chi connectivity index (χ1n) is 7.45. The molecule has 1 aromatic carbocycles. The lowest BCUT2D eigenvalue weighted by Gasteiger charge is -2.29. The monoisotopic (exact) mass is 277 g/mol. The second kappa shape index (κ2) is 5.77. The van der Waals surface area contributed by atoms with Gasteiger partial charge in [-0.3, -0.25) is 0 Å². The van der Waals surface area contributed by atoms with Gasteiger partial charge in [0.15, 0.2) is 0 Å². The fourth-order valence-electron chi connectivity index (χ4n) is 2.63. The largest absolute Gasteiger partial charge is 0.507 e. The number of nitrogens with zero attached hydrogens (tertiary/aromatic N) is 1. The zero-order valence-electron chi connectivity index (χ0n) is 14.5. The third-order valence-electron chi connectivity index (χ3n) is 3.65. The van der Waals surface area contributed by atoms with Gasteiger partial charge in [-0.2, -0.15) is 0 Å². The number of phenols is 1. The van der Waals surface area contributed by atoms with Gasteiger partial charge in [-0.25, -0.2) is 0 Å². The van der Waals surface area contributed by atoms with Crippen molar-refractivity contribution in [3.05, 3.63) is 28.8 Å². The van der Waals surface area contributed by atoms with Crippen molar-refractivity contribution in [3.8, 4) is 5.75 Å². The SMILES string of the molecule is CN(C)CCc1ccc(C(C)(C)C)c(O)c1C(C)(C)C. The molecule has 0 saturated carbocycles. The number of hydrogen-bond donors (Lipinski definition) is 1. The lowest BCUT2D eigenvalue weighted by atomic mass is 9.77. The van der Waals surface area contributed by atoms with Crippen molar-refractivity contribution < 1.29 is 5.11 Å². The summed E-state index contributed by atoms with van der Waals surface area (Å²) in [5.41, 5.74) is 3.32. The average molecular weight is 277 g/mol. The smallest absolute Gasteiger partial charge is 0.123 e. The average Bonchev–Trinajstić information content (AvgIpc) is 2.22. The van der Waals surface area contributed by atoms with Crippen LogP contribution < -0.4 is 0 Å². The van der Waals surface area contributed by atoms with Crippen molar-refractivity contribution in [2.45, 2.75) is 58.8 Å². The Morgan fingerprint density at radius 2 is 1.50 bits per heavy atom. The Kier molecular flexibility index (Phi) is 4.91. The first kappa shape index (κ1) is 17.0. The van der Waals surface area contributed by atoms with Gasteiger partial charge < -0.3 is 10.0 Å². The van der Waals surface area contributed by atoms with E-state index in [1.807, 2.05) is 0 Å². The number of likely N-dealkylation sites (N-methyl/N-ethyl adjacent to an activating group) is 1. The molecule has 20 heavy (non-hydrogen) atoms. The number of phenolic OH excluding ortho intramolecular Hbond substituents is 1. The van der Waals surface area contributed by atoms with E-state index in [2.05, 4.69) is 72.7 Å². The second-order valence-corrected chi connectivity index (χ2v) is 8.05. The Morgan fingerprint density at radius 3 is 1.90 bits per heavy atom. The van der Waals surface area contributed by atoms with Crippen molar-refractivity contribution >= 4 is 0 Å². The second-order valence-electron chi connectivity index (χ2n) is 8.05. The molecular formula is C18H31NO. The van der Waals surface area contributed by atoms with Crippen LogP contribution in [-0.4, -0.2) is 30.6 Å². The topological polar surface area (TPSA) is 23.5 Å². The van der Waals surface area contributed by atoms with Crippen molar-refractivity contribution in [2.24, 2.45) is 0 Å². The van der Waals surface area contributed by atoms with Crippen LogP contribution in [0.5, 0.6) is 5.75 Å². The summed E-state index contributed by atoms with van der Waals surface area (Å²) < 4.78 is 0. The first-order chi connectivity index (χ1) is 8.94. The predicted molar refractivity (Wildman–Crippen MR) is 87.8 cm³/mol. The van der Waals surface area contributed by atoms with Crippen LogP contribution in [0.2, 0.25) is 0 Å². The van der Waals surface area contributed by atoms with Gasteiger partial charge >= 0.3 is 0 Å². The van der Waals surface area contributed by atoms with Crippen molar-refractivity contribution in [1.82, 2.24) is 4.90 Å². The maximum absolute atomic E-state index is 10.8. The minimum absolute atomic E-state index is 0.0375. The maximum atomic E-state index is 10.8.